The van der Waals surface area contributed by atoms with Crippen molar-refractivity contribution in [2.75, 3.05) is 13.1 Å². The second-order valence-electron chi connectivity index (χ2n) is 6.17. The molecule has 0 bridgehead atoms. The molecule has 1 fully saturated rings. The quantitative estimate of drug-likeness (QED) is 0.434. The molecule has 1 saturated heterocycles. The average Bonchev–Trinajstić information content (AvgIpc) is 2.69. The van der Waals surface area contributed by atoms with Crippen molar-refractivity contribution in [3.63, 3.8) is 0 Å². The first kappa shape index (κ1) is 19.7. The molecule has 1 aliphatic rings. The molecule has 0 amide bonds. The predicted molar refractivity (Wildman–Crippen MR) is 90.1 cm³/mol. The molecule has 0 N–H and O–H groups in total. The lowest BCUT2D eigenvalue weighted by Crippen LogP contribution is -2.29. The topological polar surface area (TPSA) is 68.2 Å². The summed E-state index contributed by atoms with van der Waals surface area (Å²) in [4.78, 5) is 23.9. The Balaban J connectivity index is 1.71. The number of rotatable bonds is 5. The third kappa shape index (κ3) is 4.81. The number of hydrogen-bond donors (Lipinski definition) is 0. The van der Waals surface area contributed by atoms with E-state index < -0.39 is 17.7 Å². The maximum absolute atomic E-state index is 13.1. The van der Waals surface area contributed by atoms with Gasteiger partial charge in [0.15, 0.2) is 12.1 Å². The first-order valence-corrected chi connectivity index (χ1v) is 8.45. The van der Waals surface area contributed by atoms with Gasteiger partial charge in [0.2, 0.25) is 5.88 Å². The number of carbonyl (C=O) groups excluding carboxylic acids is 1. The van der Waals surface area contributed by atoms with Gasteiger partial charge in [-0.15, -0.1) is 0 Å². The number of hydrogen-bond acceptors (Lipinski definition) is 6. The van der Waals surface area contributed by atoms with Crippen LogP contribution in [-0.2, 0) is 11.0 Å². The number of halogens is 4. The highest BCUT2D eigenvalue weighted by molar-refractivity contribution is 5.69. The van der Waals surface area contributed by atoms with Gasteiger partial charge in [-0.1, -0.05) is 0 Å². The molecule has 0 unspecified atom stereocenters. The summed E-state index contributed by atoms with van der Waals surface area (Å²) in [7, 11) is 0. The molecule has 1 aliphatic heterocycles. The molecule has 0 aliphatic carbocycles. The molecule has 3 rings (SSSR count). The molecule has 28 heavy (non-hydrogen) atoms. The van der Waals surface area contributed by atoms with Crippen LogP contribution in [0.25, 0.3) is 0 Å². The van der Waals surface area contributed by atoms with Gasteiger partial charge in [-0.3, -0.25) is 9.78 Å². The van der Waals surface area contributed by atoms with Gasteiger partial charge in [0.25, 0.3) is 0 Å². The van der Waals surface area contributed by atoms with Crippen LogP contribution >= 0.6 is 0 Å². The third-order valence-electron chi connectivity index (χ3n) is 4.27. The van der Waals surface area contributed by atoms with Gasteiger partial charge in [0.1, 0.15) is 17.1 Å². The van der Waals surface area contributed by atoms with E-state index in [9.17, 15) is 22.4 Å². The number of aldehydes is 1. The van der Waals surface area contributed by atoms with Gasteiger partial charge in [-0.2, -0.15) is 13.2 Å². The number of likely N-dealkylation sites (tertiary alicyclic amines) is 1. The summed E-state index contributed by atoms with van der Waals surface area (Å²) in [5, 5.41) is 0. The Hall–Kier alpha value is -3.04. The molecule has 6 nitrogen and oxygen atoms in total. The lowest BCUT2D eigenvalue weighted by Gasteiger charge is -2.30. The number of alkyl halides is 3. The summed E-state index contributed by atoms with van der Waals surface area (Å²) in [5.41, 5.74) is -0.441. The number of ether oxygens (including phenoxy) is 1. The van der Waals surface area contributed by atoms with Gasteiger partial charge in [0.05, 0.1) is 6.20 Å². The molecule has 2 aromatic rings. The van der Waals surface area contributed by atoms with Crippen LogP contribution in [0.15, 0.2) is 42.8 Å². The van der Waals surface area contributed by atoms with E-state index in [4.69, 9.17) is 4.74 Å². The van der Waals surface area contributed by atoms with Gasteiger partial charge in [-0.05, 0) is 25.0 Å². The number of pyridine rings is 1. The van der Waals surface area contributed by atoms with Crippen molar-refractivity contribution < 1.29 is 27.1 Å². The largest absolute Gasteiger partial charge is 0.436 e. The summed E-state index contributed by atoms with van der Waals surface area (Å²) in [6.45, 7) is 1.04. The Bertz CT molecular complexity index is 847. The van der Waals surface area contributed by atoms with E-state index in [1.807, 2.05) is 0 Å². The van der Waals surface area contributed by atoms with Gasteiger partial charge >= 0.3 is 6.18 Å². The van der Waals surface area contributed by atoms with Crippen LogP contribution in [0.1, 0.15) is 30.1 Å². The highest BCUT2D eigenvalue weighted by atomic mass is 19.4. The van der Waals surface area contributed by atoms with Crippen LogP contribution in [0.4, 0.5) is 17.6 Å². The van der Waals surface area contributed by atoms with E-state index >= 15 is 0 Å². The minimum atomic E-state index is -4.53. The zero-order chi connectivity index (χ0) is 20.1. The third-order valence-corrected chi connectivity index (χ3v) is 4.27. The van der Waals surface area contributed by atoms with Crippen molar-refractivity contribution in [1.82, 2.24) is 19.9 Å². The number of nitrogens with zero attached hydrogens (tertiary/aromatic N) is 4. The fourth-order valence-corrected chi connectivity index (χ4v) is 2.92. The summed E-state index contributed by atoms with van der Waals surface area (Å²) in [5.74, 6) is -0.549. The number of carbonyl (C=O) groups is 1. The zero-order valence-corrected chi connectivity index (χ0v) is 14.6. The van der Waals surface area contributed by atoms with E-state index in [1.54, 1.807) is 4.90 Å². The smallest absolute Gasteiger partial charge is 0.433 e. The molecule has 0 spiro atoms. The van der Waals surface area contributed by atoms with Crippen LogP contribution in [0.2, 0.25) is 0 Å². The molecule has 0 atom stereocenters. The lowest BCUT2D eigenvalue weighted by molar-refractivity contribution is -0.141. The second kappa shape index (κ2) is 8.32. The normalized spacial score (nSPS) is 16.1. The van der Waals surface area contributed by atoms with E-state index in [-0.39, 0.29) is 23.8 Å². The number of piperidine rings is 1. The maximum Gasteiger partial charge on any atom is 0.433 e. The van der Waals surface area contributed by atoms with Crippen LogP contribution in [0.5, 0.6) is 11.6 Å². The van der Waals surface area contributed by atoms with Gasteiger partial charge < -0.3 is 9.64 Å². The van der Waals surface area contributed by atoms with Crippen molar-refractivity contribution in [2.45, 2.75) is 24.9 Å². The number of aromatic nitrogens is 3. The summed E-state index contributed by atoms with van der Waals surface area (Å²) in [6.07, 6.45) is 1.97. The molecule has 0 aromatic carbocycles. The molecule has 10 heteroatoms. The predicted octanol–water partition coefficient (Wildman–Crippen LogP) is 3.87. The molecule has 2 aromatic heterocycles. The van der Waals surface area contributed by atoms with E-state index in [2.05, 4.69) is 15.0 Å². The second-order valence-corrected chi connectivity index (χ2v) is 6.17. The van der Waals surface area contributed by atoms with Crippen molar-refractivity contribution >= 4 is 6.29 Å². The SMILES string of the molecule is O=CC(F)=CN1CCC(c2nccnc2Oc2ccc(C(F)(F)F)nc2)CC1. The van der Waals surface area contributed by atoms with Crippen molar-refractivity contribution in [2.24, 2.45) is 0 Å². The van der Waals surface area contributed by atoms with Gasteiger partial charge in [-0.25, -0.2) is 14.4 Å². The first-order chi connectivity index (χ1) is 13.4. The number of allylic oxidation sites excluding steroid dienone is 1. The maximum atomic E-state index is 13.1. The van der Waals surface area contributed by atoms with Crippen LogP contribution in [0, 0.1) is 0 Å². The Morgan fingerprint density at radius 3 is 2.46 bits per heavy atom. The standard InChI is InChI=1S/C18H16F4N4O2/c19-13(11-27)10-26-7-3-12(4-8-26)16-17(24-6-5-23-16)28-14-1-2-15(25-9-14)18(20,21)22/h1-2,5-6,9-12H,3-4,7-8H2. The fraction of sp³-hybridized carbons (Fsp3) is 0.333. The molecule has 3 heterocycles. The summed E-state index contributed by atoms with van der Waals surface area (Å²) >= 11 is 0. The fourth-order valence-electron chi connectivity index (χ4n) is 2.92. The zero-order valence-electron chi connectivity index (χ0n) is 14.6. The van der Waals surface area contributed by atoms with Crippen LogP contribution in [0.3, 0.4) is 0 Å². The Labute approximate surface area is 157 Å². The van der Waals surface area contributed by atoms with Crippen LogP contribution in [-0.4, -0.2) is 39.2 Å². The first-order valence-electron chi connectivity index (χ1n) is 8.45. The minimum Gasteiger partial charge on any atom is -0.436 e. The molecular formula is C18H16F4N4O2. The molecular weight excluding hydrogens is 380 g/mol. The van der Waals surface area contributed by atoms with Gasteiger partial charge in [0, 0.05) is 37.6 Å². The summed E-state index contributed by atoms with van der Waals surface area (Å²) in [6, 6.07) is 2.00. The monoisotopic (exact) mass is 396 g/mol. The van der Waals surface area contributed by atoms with Crippen molar-refractivity contribution in [1.29, 1.82) is 0 Å². The Morgan fingerprint density at radius 2 is 1.86 bits per heavy atom. The lowest BCUT2D eigenvalue weighted by atomic mass is 9.93. The van der Waals surface area contributed by atoms with E-state index in [0.29, 0.717) is 31.6 Å². The molecule has 148 valence electrons. The van der Waals surface area contributed by atoms with Crippen molar-refractivity contribution in [3.8, 4) is 11.6 Å². The Morgan fingerprint density at radius 1 is 1.14 bits per heavy atom. The highest BCUT2D eigenvalue weighted by Crippen LogP contribution is 2.34. The molecule has 0 saturated carbocycles. The Kier molecular flexibility index (Phi) is 5.86. The minimum absolute atomic E-state index is 0.0185. The van der Waals surface area contributed by atoms with Crippen LogP contribution < -0.4 is 4.74 Å². The van der Waals surface area contributed by atoms with E-state index in [1.165, 1.54) is 24.7 Å². The highest BCUT2D eigenvalue weighted by Gasteiger charge is 2.32. The summed E-state index contributed by atoms with van der Waals surface area (Å²) < 4.78 is 56.5. The van der Waals surface area contributed by atoms with Crippen molar-refractivity contribution in [3.05, 3.63) is 54.1 Å². The average molecular weight is 396 g/mol. The van der Waals surface area contributed by atoms with E-state index in [0.717, 1.165) is 12.3 Å². The molecule has 0 radical (unpaired) electrons.